The second kappa shape index (κ2) is 9.12. The first kappa shape index (κ1) is 24.1. The van der Waals surface area contributed by atoms with Crippen molar-refractivity contribution < 1.29 is 19.4 Å². The Labute approximate surface area is 201 Å². The molecule has 0 radical (unpaired) electrons. The molecule has 4 heteroatoms. The lowest BCUT2D eigenvalue weighted by molar-refractivity contribution is -0.219. The van der Waals surface area contributed by atoms with Crippen molar-refractivity contribution in [3.8, 4) is 0 Å². The second-order valence-corrected chi connectivity index (χ2v) is 13.1. The summed E-state index contributed by atoms with van der Waals surface area (Å²) in [6, 6.07) is 0. The van der Waals surface area contributed by atoms with Crippen LogP contribution in [-0.2, 0) is 14.3 Å². The average Bonchev–Trinajstić information content (AvgIpc) is 3.37. The fourth-order valence-electron chi connectivity index (χ4n) is 9.42. The molecule has 2 heterocycles. The molecule has 33 heavy (non-hydrogen) atoms. The summed E-state index contributed by atoms with van der Waals surface area (Å²) in [5.41, 5.74) is -1.39. The molecule has 2 saturated heterocycles. The predicted molar refractivity (Wildman–Crippen MR) is 130 cm³/mol. The van der Waals surface area contributed by atoms with Crippen LogP contribution in [0.1, 0.15) is 117 Å². The maximum absolute atomic E-state index is 12.9. The molecule has 0 aromatic rings. The fraction of sp³-hybridized carbons (Fsp3) is 0.966. The van der Waals surface area contributed by atoms with Crippen LogP contribution in [0.4, 0.5) is 0 Å². The molecule has 0 spiro atoms. The third-order valence-electron chi connectivity index (χ3n) is 11.3. The minimum Gasteiger partial charge on any atom is -0.462 e. The van der Waals surface area contributed by atoms with E-state index in [1.54, 1.807) is 0 Å². The number of rotatable bonds is 4. The lowest BCUT2D eigenvalue weighted by Gasteiger charge is -2.61. The van der Waals surface area contributed by atoms with E-state index in [9.17, 15) is 9.90 Å². The van der Waals surface area contributed by atoms with Crippen molar-refractivity contribution in [1.82, 2.24) is 0 Å². The first-order chi connectivity index (χ1) is 15.8. The van der Waals surface area contributed by atoms with E-state index in [0.717, 1.165) is 51.6 Å². The van der Waals surface area contributed by atoms with Gasteiger partial charge in [-0.2, -0.15) is 0 Å². The minimum atomic E-state index is -0.727. The molecule has 4 nitrogen and oxygen atoms in total. The highest BCUT2D eigenvalue weighted by molar-refractivity contribution is 5.80. The van der Waals surface area contributed by atoms with Crippen molar-refractivity contribution >= 4 is 5.97 Å². The Bertz CT molecular complexity index is 712. The van der Waals surface area contributed by atoms with Gasteiger partial charge in [-0.25, -0.2) is 0 Å². The average molecular weight is 461 g/mol. The minimum absolute atomic E-state index is 0.00973. The molecule has 5 rings (SSSR count). The lowest BCUT2D eigenvalue weighted by atomic mass is 9.44. The molecular weight excluding hydrogens is 412 g/mol. The Morgan fingerprint density at radius 2 is 1.67 bits per heavy atom. The van der Waals surface area contributed by atoms with Crippen molar-refractivity contribution in [2.45, 2.75) is 135 Å². The summed E-state index contributed by atoms with van der Waals surface area (Å²) in [4.78, 5) is 12.9. The van der Waals surface area contributed by atoms with Crippen LogP contribution in [0, 0.1) is 34.5 Å². The molecule has 1 N–H and O–H groups in total. The molecule has 0 bridgehead atoms. The number of aliphatic hydroxyl groups is 1. The number of esters is 1. The van der Waals surface area contributed by atoms with Crippen molar-refractivity contribution in [2.75, 3.05) is 6.61 Å². The summed E-state index contributed by atoms with van der Waals surface area (Å²) in [7, 11) is 0. The third-order valence-corrected chi connectivity index (χ3v) is 11.3. The van der Waals surface area contributed by atoms with E-state index in [-0.39, 0.29) is 29.3 Å². The van der Waals surface area contributed by atoms with Crippen LogP contribution < -0.4 is 0 Å². The summed E-state index contributed by atoms with van der Waals surface area (Å²) >= 11 is 0. The summed E-state index contributed by atoms with van der Waals surface area (Å²) in [5, 5.41) is 12.4. The molecule has 0 amide bonds. The molecule has 2 aliphatic heterocycles. The van der Waals surface area contributed by atoms with E-state index in [1.807, 2.05) is 0 Å². The van der Waals surface area contributed by atoms with Gasteiger partial charge in [-0.3, -0.25) is 4.79 Å². The SMILES string of the molecule is C[C@@H]1C[C@H]2OC(=O)[C@@]3(C)CCC[C@](C)(C23)[C@@]1(O)CCC1CCOC1C1CCCCCCCC1. The van der Waals surface area contributed by atoms with Gasteiger partial charge >= 0.3 is 5.97 Å². The summed E-state index contributed by atoms with van der Waals surface area (Å²) in [6.07, 6.45) is 18.1. The first-order valence-electron chi connectivity index (χ1n) is 14.3. The monoisotopic (exact) mass is 460 g/mol. The van der Waals surface area contributed by atoms with Crippen molar-refractivity contribution in [3.05, 3.63) is 0 Å². The molecule has 3 saturated carbocycles. The molecule has 0 aromatic heterocycles. The predicted octanol–water partition coefficient (Wildman–Crippen LogP) is 6.43. The summed E-state index contributed by atoms with van der Waals surface area (Å²) < 4.78 is 12.3. The van der Waals surface area contributed by atoms with Gasteiger partial charge < -0.3 is 14.6 Å². The zero-order chi connectivity index (χ0) is 23.3. The van der Waals surface area contributed by atoms with Crippen LogP contribution in [0.25, 0.3) is 0 Å². The Morgan fingerprint density at radius 1 is 0.970 bits per heavy atom. The van der Waals surface area contributed by atoms with Crippen LogP contribution in [0.15, 0.2) is 0 Å². The van der Waals surface area contributed by atoms with Crippen LogP contribution >= 0.6 is 0 Å². The Kier molecular flexibility index (Phi) is 6.66. The van der Waals surface area contributed by atoms with E-state index in [2.05, 4.69) is 20.8 Å². The fourth-order valence-corrected chi connectivity index (χ4v) is 9.42. The Balaban J connectivity index is 1.32. The number of carbonyl (C=O) groups is 1. The largest absolute Gasteiger partial charge is 0.462 e. The first-order valence-corrected chi connectivity index (χ1v) is 14.3. The normalized spacial score (nSPS) is 49.1. The van der Waals surface area contributed by atoms with Crippen LogP contribution in [0.3, 0.4) is 0 Å². The van der Waals surface area contributed by atoms with Gasteiger partial charge in [0.1, 0.15) is 6.10 Å². The number of ether oxygens (including phenoxy) is 2. The van der Waals surface area contributed by atoms with E-state index < -0.39 is 11.0 Å². The summed E-state index contributed by atoms with van der Waals surface area (Å²) in [5.74, 6) is 1.57. The number of hydrogen-bond acceptors (Lipinski definition) is 4. The topological polar surface area (TPSA) is 55.8 Å². The van der Waals surface area contributed by atoms with Gasteiger partial charge in [-0.05, 0) is 76.0 Å². The highest BCUT2D eigenvalue weighted by atomic mass is 16.6. The van der Waals surface area contributed by atoms with Gasteiger partial charge in [0.25, 0.3) is 0 Å². The molecule has 3 unspecified atom stereocenters. The van der Waals surface area contributed by atoms with Gasteiger partial charge in [-0.15, -0.1) is 0 Å². The van der Waals surface area contributed by atoms with Gasteiger partial charge in [-0.1, -0.05) is 58.8 Å². The highest BCUT2D eigenvalue weighted by Crippen LogP contribution is 2.67. The van der Waals surface area contributed by atoms with Gasteiger partial charge in [0, 0.05) is 17.9 Å². The van der Waals surface area contributed by atoms with E-state index >= 15 is 0 Å². The van der Waals surface area contributed by atoms with Crippen molar-refractivity contribution in [1.29, 1.82) is 0 Å². The standard InChI is InChI=1S/C29H48O4/c1-20-19-23-25-27(2,26(30)33-23)15-10-16-28(25,3)29(20,31)17-13-22-14-18-32-24(22)21-11-8-6-4-5-7-9-12-21/h20-25,31H,4-19H2,1-3H3/t20-,22?,23-,24?,25?,27+,28-,29-/m1/s1. The molecule has 3 aliphatic carbocycles. The maximum Gasteiger partial charge on any atom is 0.312 e. The molecule has 5 fully saturated rings. The quantitative estimate of drug-likeness (QED) is 0.491. The van der Waals surface area contributed by atoms with E-state index in [4.69, 9.17) is 9.47 Å². The van der Waals surface area contributed by atoms with Crippen LogP contribution in [0.2, 0.25) is 0 Å². The van der Waals surface area contributed by atoms with Gasteiger partial charge in [0.15, 0.2) is 0 Å². The van der Waals surface area contributed by atoms with E-state index in [1.165, 1.54) is 51.4 Å². The zero-order valence-corrected chi connectivity index (χ0v) is 21.4. The Hall–Kier alpha value is -0.610. The van der Waals surface area contributed by atoms with Crippen LogP contribution in [0.5, 0.6) is 0 Å². The Morgan fingerprint density at radius 3 is 2.39 bits per heavy atom. The van der Waals surface area contributed by atoms with Gasteiger partial charge in [0.05, 0.1) is 17.1 Å². The van der Waals surface area contributed by atoms with Crippen molar-refractivity contribution in [3.63, 3.8) is 0 Å². The molecule has 0 aromatic carbocycles. The van der Waals surface area contributed by atoms with Gasteiger partial charge in [0.2, 0.25) is 0 Å². The molecular formula is C29H48O4. The third kappa shape index (κ3) is 3.90. The maximum atomic E-state index is 12.9. The second-order valence-electron chi connectivity index (χ2n) is 13.1. The van der Waals surface area contributed by atoms with E-state index in [0.29, 0.717) is 17.9 Å². The summed E-state index contributed by atoms with van der Waals surface area (Å²) in [6.45, 7) is 7.51. The smallest absolute Gasteiger partial charge is 0.312 e. The molecule has 8 atom stereocenters. The molecule has 5 aliphatic rings. The lowest BCUT2D eigenvalue weighted by Crippen LogP contribution is -2.65. The van der Waals surface area contributed by atoms with Crippen molar-refractivity contribution in [2.24, 2.45) is 34.5 Å². The molecule has 188 valence electrons. The zero-order valence-electron chi connectivity index (χ0n) is 21.4. The number of carbonyl (C=O) groups excluding carboxylic acids is 1. The number of hydrogen-bond donors (Lipinski definition) is 1. The van der Waals surface area contributed by atoms with Crippen LogP contribution in [-0.4, -0.2) is 35.5 Å². The highest BCUT2D eigenvalue weighted by Gasteiger charge is 2.71.